The van der Waals surface area contributed by atoms with Crippen LogP contribution in [0.15, 0.2) is 11.6 Å². The summed E-state index contributed by atoms with van der Waals surface area (Å²) in [4.78, 5) is 15.2. The summed E-state index contributed by atoms with van der Waals surface area (Å²) in [6.07, 6.45) is 2.27. The van der Waals surface area contributed by atoms with Gasteiger partial charge in [0.25, 0.3) is 0 Å². The van der Waals surface area contributed by atoms with Gasteiger partial charge in [-0.1, -0.05) is 13.8 Å². The molecule has 0 N–H and O–H groups in total. The molecular formula is C8H11NOS. The van der Waals surface area contributed by atoms with Gasteiger partial charge in [-0.3, -0.25) is 4.79 Å². The van der Waals surface area contributed by atoms with Crippen LogP contribution in [-0.4, -0.2) is 10.8 Å². The third-order valence-electron chi connectivity index (χ3n) is 1.26. The maximum absolute atomic E-state index is 11.3. The molecule has 0 bridgehead atoms. The molecule has 0 unspecified atom stereocenters. The fraction of sp³-hybridized carbons (Fsp3) is 0.500. The molecule has 0 radical (unpaired) electrons. The predicted molar refractivity (Wildman–Crippen MR) is 45.9 cm³/mol. The molecule has 0 fully saturated rings. The van der Waals surface area contributed by atoms with Gasteiger partial charge in [-0.05, 0) is 5.92 Å². The van der Waals surface area contributed by atoms with E-state index >= 15 is 0 Å². The van der Waals surface area contributed by atoms with Crippen LogP contribution >= 0.6 is 11.3 Å². The van der Waals surface area contributed by atoms with Crippen LogP contribution in [0, 0.1) is 5.92 Å². The van der Waals surface area contributed by atoms with E-state index in [1.807, 2.05) is 19.2 Å². The fourth-order valence-electron chi connectivity index (χ4n) is 0.819. The van der Waals surface area contributed by atoms with Crippen LogP contribution in [0.2, 0.25) is 0 Å². The van der Waals surface area contributed by atoms with Crippen molar-refractivity contribution >= 4 is 17.1 Å². The molecule has 0 aromatic carbocycles. The van der Waals surface area contributed by atoms with Crippen molar-refractivity contribution in [1.29, 1.82) is 0 Å². The molecule has 0 atom stereocenters. The van der Waals surface area contributed by atoms with E-state index in [1.165, 1.54) is 11.3 Å². The summed E-state index contributed by atoms with van der Waals surface area (Å²) in [5.41, 5.74) is 0. The molecule has 0 aliphatic carbocycles. The Hall–Kier alpha value is -0.700. The summed E-state index contributed by atoms with van der Waals surface area (Å²) in [5.74, 6) is 0.585. The fourth-order valence-corrected chi connectivity index (χ4v) is 1.41. The average Bonchev–Trinajstić information content (AvgIpc) is 2.35. The highest BCUT2D eigenvalue weighted by atomic mass is 32.1. The number of carbonyl (C=O) groups excluding carboxylic acids is 1. The van der Waals surface area contributed by atoms with E-state index in [-0.39, 0.29) is 5.78 Å². The molecule has 11 heavy (non-hydrogen) atoms. The molecule has 0 amide bonds. The van der Waals surface area contributed by atoms with E-state index in [1.54, 1.807) is 6.20 Å². The standard InChI is InChI=1S/C8H11NOS/c1-6(2)5-7(10)8-9-3-4-11-8/h3-4,6H,5H2,1-2H3. The minimum Gasteiger partial charge on any atom is -0.292 e. The highest BCUT2D eigenvalue weighted by Crippen LogP contribution is 2.10. The minimum atomic E-state index is 0.162. The first kappa shape index (κ1) is 8.40. The second-order valence-electron chi connectivity index (χ2n) is 2.86. The van der Waals surface area contributed by atoms with E-state index in [0.717, 1.165) is 0 Å². The molecule has 1 aromatic rings. The van der Waals surface area contributed by atoms with Gasteiger partial charge in [0, 0.05) is 18.0 Å². The lowest BCUT2D eigenvalue weighted by Crippen LogP contribution is -2.02. The van der Waals surface area contributed by atoms with Gasteiger partial charge < -0.3 is 0 Å². The summed E-state index contributed by atoms with van der Waals surface area (Å²) in [7, 11) is 0. The SMILES string of the molecule is CC(C)CC(=O)c1nccs1. The zero-order chi connectivity index (χ0) is 8.27. The molecule has 0 saturated heterocycles. The first-order valence-corrected chi connectivity index (χ1v) is 4.51. The topological polar surface area (TPSA) is 30.0 Å². The van der Waals surface area contributed by atoms with Crippen LogP contribution in [0.1, 0.15) is 30.1 Å². The lowest BCUT2D eigenvalue weighted by Gasteiger charge is -1.99. The van der Waals surface area contributed by atoms with Crippen molar-refractivity contribution in [3.8, 4) is 0 Å². The van der Waals surface area contributed by atoms with Gasteiger partial charge in [0.15, 0.2) is 10.8 Å². The third kappa shape index (κ3) is 2.42. The van der Waals surface area contributed by atoms with E-state index in [2.05, 4.69) is 4.98 Å². The van der Waals surface area contributed by atoms with Crippen molar-refractivity contribution in [3.05, 3.63) is 16.6 Å². The van der Waals surface area contributed by atoms with Crippen LogP contribution in [0.4, 0.5) is 0 Å². The molecular weight excluding hydrogens is 158 g/mol. The molecule has 1 aromatic heterocycles. The Balaban J connectivity index is 2.57. The zero-order valence-corrected chi connectivity index (χ0v) is 7.52. The molecule has 0 saturated carbocycles. The number of rotatable bonds is 3. The highest BCUT2D eigenvalue weighted by Gasteiger charge is 2.09. The molecule has 0 aliphatic rings. The summed E-state index contributed by atoms with van der Waals surface area (Å²) in [6, 6.07) is 0. The molecule has 1 heterocycles. The van der Waals surface area contributed by atoms with Crippen LogP contribution < -0.4 is 0 Å². The Morgan fingerprint density at radius 2 is 2.45 bits per heavy atom. The van der Waals surface area contributed by atoms with Gasteiger partial charge in [0.1, 0.15) is 0 Å². The second kappa shape index (κ2) is 3.62. The lowest BCUT2D eigenvalue weighted by molar-refractivity contribution is 0.0967. The van der Waals surface area contributed by atoms with Gasteiger partial charge in [-0.2, -0.15) is 0 Å². The lowest BCUT2D eigenvalue weighted by atomic mass is 10.1. The molecule has 3 heteroatoms. The van der Waals surface area contributed by atoms with Crippen molar-refractivity contribution in [3.63, 3.8) is 0 Å². The summed E-state index contributed by atoms with van der Waals surface area (Å²) < 4.78 is 0. The van der Waals surface area contributed by atoms with Crippen LogP contribution in [0.5, 0.6) is 0 Å². The van der Waals surface area contributed by atoms with Crippen LogP contribution in [0.3, 0.4) is 0 Å². The van der Waals surface area contributed by atoms with Crippen molar-refractivity contribution in [2.75, 3.05) is 0 Å². The van der Waals surface area contributed by atoms with Crippen molar-refractivity contribution in [2.24, 2.45) is 5.92 Å². The molecule has 2 nitrogen and oxygen atoms in total. The van der Waals surface area contributed by atoms with Gasteiger partial charge in [-0.25, -0.2) is 4.98 Å². The normalized spacial score (nSPS) is 10.5. The Labute approximate surface area is 70.3 Å². The number of carbonyl (C=O) groups is 1. The number of hydrogen-bond acceptors (Lipinski definition) is 3. The van der Waals surface area contributed by atoms with Crippen LogP contribution in [-0.2, 0) is 0 Å². The van der Waals surface area contributed by atoms with Gasteiger partial charge >= 0.3 is 0 Å². The summed E-state index contributed by atoms with van der Waals surface area (Å²) in [5, 5.41) is 2.46. The van der Waals surface area contributed by atoms with Gasteiger partial charge in [0.05, 0.1) is 0 Å². The number of Topliss-reactive ketones (excluding diaryl/α,β-unsaturated/α-hetero) is 1. The van der Waals surface area contributed by atoms with Gasteiger partial charge in [-0.15, -0.1) is 11.3 Å². The monoisotopic (exact) mass is 169 g/mol. The molecule has 0 spiro atoms. The maximum Gasteiger partial charge on any atom is 0.191 e. The third-order valence-corrected chi connectivity index (χ3v) is 2.08. The Kier molecular flexibility index (Phi) is 2.76. The number of thiazole rings is 1. The number of hydrogen-bond donors (Lipinski definition) is 0. The minimum absolute atomic E-state index is 0.162. The van der Waals surface area contributed by atoms with E-state index in [4.69, 9.17) is 0 Å². The van der Waals surface area contributed by atoms with Gasteiger partial charge in [0.2, 0.25) is 0 Å². The molecule has 60 valence electrons. The average molecular weight is 169 g/mol. The van der Waals surface area contributed by atoms with Crippen molar-refractivity contribution < 1.29 is 4.79 Å². The predicted octanol–water partition coefficient (Wildman–Crippen LogP) is 2.37. The van der Waals surface area contributed by atoms with Crippen molar-refractivity contribution in [2.45, 2.75) is 20.3 Å². The Bertz CT molecular complexity index is 228. The van der Waals surface area contributed by atoms with E-state index in [0.29, 0.717) is 17.3 Å². The van der Waals surface area contributed by atoms with E-state index < -0.39 is 0 Å². The quantitative estimate of drug-likeness (QED) is 0.650. The number of aromatic nitrogens is 1. The highest BCUT2D eigenvalue weighted by molar-refractivity contribution is 7.11. The summed E-state index contributed by atoms with van der Waals surface area (Å²) >= 11 is 1.41. The maximum atomic E-state index is 11.3. The smallest absolute Gasteiger partial charge is 0.191 e. The largest absolute Gasteiger partial charge is 0.292 e. The Morgan fingerprint density at radius 1 is 1.73 bits per heavy atom. The Morgan fingerprint density at radius 3 is 2.91 bits per heavy atom. The zero-order valence-electron chi connectivity index (χ0n) is 6.70. The summed E-state index contributed by atoms with van der Waals surface area (Å²) in [6.45, 7) is 4.07. The first-order valence-electron chi connectivity index (χ1n) is 3.63. The first-order chi connectivity index (χ1) is 5.20. The second-order valence-corrected chi connectivity index (χ2v) is 3.75. The molecule has 1 rings (SSSR count). The van der Waals surface area contributed by atoms with Crippen LogP contribution in [0.25, 0.3) is 0 Å². The number of nitrogens with zero attached hydrogens (tertiary/aromatic N) is 1. The number of ketones is 1. The van der Waals surface area contributed by atoms with E-state index in [9.17, 15) is 4.79 Å². The molecule has 0 aliphatic heterocycles. The van der Waals surface area contributed by atoms with Crippen molar-refractivity contribution in [1.82, 2.24) is 4.98 Å².